The van der Waals surface area contributed by atoms with Crippen LogP contribution in [-0.4, -0.2) is 11.8 Å². The zero-order valence-corrected chi connectivity index (χ0v) is 10.5. The van der Waals surface area contributed by atoms with Crippen LogP contribution < -0.4 is 20.3 Å². The number of aromatic amines is 1. The third kappa shape index (κ3) is 2.17. The van der Waals surface area contributed by atoms with E-state index in [4.69, 9.17) is 14.7 Å². The van der Waals surface area contributed by atoms with Crippen LogP contribution in [0.4, 0.5) is 5.69 Å². The molecule has 100 valence electrons. The summed E-state index contributed by atoms with van der Waals surface area (Å²) in [6.07, 6.45) is 1.51. The minimum atomic E-state index is -0.400. The number of ether oxygens (including phenoxy) is 2. The molecule has 0 spiro atoms. The quantitative estimate of drug-likeness (QED) is 0.883. The molecule has 2 heterocycles. The van der Waals surface area contributed by atoms with Crippen LogP contribution in [0.1, 0.15) is 11.1 Å². The van der Waals surface area contributed by atoms with Gasteiger partial charge >= 0.3 is 0 Å². The minimum Gasteiger partial charge on any atom is -0.454 e. The molecule has 1 aliphatic rings. The minimum absolute atomic E-state index is 0.0771. The summed E-state index contributed by atoms with van der Waals surface area (Å²) in [6.45, 7) is 0.716. The summed E-state index contributed by atoms with van der Waals surface area (Å²) in [5, 5.41) is 12.1. The van der Waals surface area contributed by atoms with Crippen LogP contribution >= 0.6 is 0 Å². The summed E-state index contributed by atoms with van der Waals surface area (Å²) in [4.78, 5) is 13.9. The zero-order chi connectivity index (χ0) is 13.9. The van der Waals surface area contributed by atoms with Crippen LogP contribution in [-0.2, 0) is 6.54 Å². The van der Waals surface area contributed by atoms with Gasteiger partial charge in [-0.15, -0.1) is 0 Å². The van der Waals surface area contributed by atoms with Crippen molar-refractivity contribution in [3.8, 4) is 17.6 Å². The molecule has 0 aliphatic carbocycles. The molecule has 1 aliphatic heterocycles. The lowest BCUT2D eigenvalue weighted by Gasteiger charge is -2.08. The fourth-order valence-corrected chi connectivity index (χ4v) is 1.99. The first-order valence-electron chi connectivity index (χ1n) is 6.02. The number of hydrogen-bond donors (Lipinski definition) is 2. The first kappa shape index (κ1) is 12.1. The molecule has 0 saturated heterocycles. The fraction of sp³-hybridized carbons (Fsp3) is 0.143. The Hall–Kier alpha value is -2.94. The van der Waals surface area contributed by atoms with Gasteiger partial charge in [-0.05, 0) is 23.8 Å². The second-order valence-electron chi connectivity index (χ2n) is 4.25. The van der Waals surface area contributed by atoms with E-state index in [1.807, 2.05) is 24.3 Å². The van der Waals surface area contributed by atoms with Crippen molar-refractivity contribution in [2.24, 2.45) is 0 Å². The summed E-state index contributed by atoms with van der Waals surface area (Å²) < 4.78 is 10.5. The van der Waals surface area contributed by atoms with Crippen molar-refractivity contribution < 1.29 is 9.47 Å². The lowest BCUT2D eigenvalue weighted by Crippen LogP contribution is -2.13. The second kappa shape index (κ2) is 4.97. The van der Waals surface area contributed by atoms with Gasteiger partial charge in [0, 0.05) is 12.7 Å². The van der Waals surface area contributed by atoms with E-state index >= 15 is 0 Å². The molecular formula is C14H11N3O3. The molecular weight excluding hydrogens is 258 g/mol. The molecule has 20 heavy (non-hydrogen) atoms. The van der Waals surface area contributed by atoms with E-state index < -0.39 is 5.56 Å². The Morgan fingerprint density at radius 2 is 2.15 bits per heavy atom. The van der Waals surface area contributed by atoms with Crippen molar-refractivity contribution in [3.63, 3.8) is 0 Å². The van der Waals surface area contributed by atoms with Crippen LogP contribution in [0.3, 0.4) is 0 Å². The number of nitrogens with zero attached hydrogens (tertiary/aromatic N) is 1. The SMILES string of the molecule is N#Cc1c(NCc2ccc3c(c2)OCO3)cc[nH]c1=O. The van der Waals surface area contributed by atoms with Gasteiger partial charge in [-0.2, -0.15) is 5.26 Å². The number of benzene rings is 1. The first-order valence-corrected chi connectivity index (χ1v) is 6.02. The molecule has 3 rings (SSSR count). The predicted molar refractivity (Wildman–Crippen MR) is 71.7 cm³/mol. The van der Waals surface area contributed by atoms with E-state index in [1.54, 1.807) is 6.07 Å². The smallest absolute Gasteiger partial charge is 0.267 e. The number of rotatable bonds is 3. The lowest BCUT2D eigenvalue weighted by atomic mass is 10.2. The topological polar surface area (TPSA) is 87.1 Å². The molecule has 0 saturated carbocycles. The number of nitriles is 1. The van der Waals surface area contributed by atoms with Crippen molar-refractivity contribution in [2.45, 2.75) is 6.54 Å². The van der Waals surface area contributed by atoms with Crippen LogP contribution in [0.5, 0.6) is 11.5 Å². The van der Waals surface area contributed by atoms with E-state index in [-0.39, 0.29) is 12.4 Å². The lowest BCUT2D eigenvalue weighted by molar-refractivity contribution is 0.174. The monoisotopic (exact) mass is 269 g/mol. The van der Waals surface area contributed by atoms with Gasteiger partial charge in [0.15, 0.2) is 11.5 Å². The molecule has 6 nitrogen and oxygen atoms in total. The summed E-state index contributed by atoms with van der Waals surface area (Å²) in [5.74, 6) is 1.43. The molecule has 0 fully saturated rings. The highest BCUT2D eigenvalue weighted by molar-refractivity contribution is 5.56. The van der Waals surface area contributed by atoms with Gasteiger partial charge in [-0.25, -0.2) is 0 Å². The maximum Gasteiger partial charge on any atom is 0.267 e. The van der Waals surface area contributed by atoms with Crippen molar-refractivity contribution in [1.29, 1.82) is 5.26 Å². The van der Waals surface area contributed by atoms with Crippen molar-refractivity contribution >= 4 is 5.69 Å². The van der Waals surface area contributed by atoms with Crippen molar-refractivity contribution in [2.75, 3.05) is 12.1 Å². The standard InChI is InChI=1S/C14H11N3O3/c15-6-10-11(3-4-16-14(10)18)17-7-9-1-2-12-13(5-9)20-8-19-12/h1-5H,7-8H2,(H2,16,17,18). The van der Waals surface area contributed by atoms with Gasteiger partial charge in [-0.3, -0.25) is 4.79 Å². The maximum atomic E-state index is 11.5. The molecule has 1 aromatic carbocycles. The molecule has 0 bridgehead atoms. The van der Waals surface area contributed by atoms with E-state index in [1.165, 1.54) is 6.20 Å². The Morgan fingerprint density at radius 3 is 3.00 bits per heavy atom. The third-order valence-electron chi connectivity index (χ3n) is 2.99. The highest BCUT2D eigenvalue weighted by Crippen LogP contribution is 2.32. The van der Waals surface area contributed by atoms with E-state index in [9.17, 15) is 4.79 Å². The normalized spacial score (nSPS) is 11.9. The number of H-pyrrole nitrogens is 1. The van der Waals surface area contributed by atoms with E-state index in [0.717, 1.165) is 11.3 Å². The highest BCUT2D eigenvalue weighted by atomic mass is 16.7. The Morgan fingerprint density at radius 1 is 1.30 bits per heavy atom. The average molecular weight is 269 g/mol. The second-order valence-corrected chi connectivity index (χ2v) is 4.25. The molecule has 2 aromatic rings. The molecule has 2 N–H and O–H groups in total. The largest absolute Gasteiger partial charge is 0.454 e. The number of hydrogen-bond acceptors (Lipinski definition) is 5. The number of aromatic nitrogens is 1. The van der Waals surface area contributed by atoms with Crippen LogP contribution in [0, 0.1) is 11.3 Å². The highest BCUT2D eigenvalue weighted by Gasteiger charge is 2.13. The molecule has 1 aromatic heterocycles. The Labute approximate surface area is 114 Å². The summed E-state index contributed by atoms with van der Waals surface area (Å²) in [5.41, 5.74) is 1.16. The van der Waals surface area contributed by atoms with Crippen LogP contribution in [0.15, 0.2) is 35.3 Å². The molecule has 6 heteroatoms. The fourth-order valence-electron chi connectivity index (χ4n) is 1.99. The van der Waals surface area contributed by atoms with Crippen molar-refractivity contribution in [3.05, 3.63) is 51.9 Å². The number of fused-ring (bicyclic) bond motifs is 1. The van der Waals surface area contributed by atoms with E-state index in [2.05, 4.69) is 10.3 Å². The summed E-state index contributed by atoms with van der Waals surface area (Å²) in [6, 6.07) is 9.16. The average Bonchev–Trinajstić information content (AvgIpc) is 2.92. The summed E-state index contributed by atoms with van der Waals surface area (Å²) >= 11 is 0. The maximum absolute atomic E-state index is 11.5. The van der Waals surface area contributed by atoms with Gasteiger partial charge in [0.25, 0.3) is 5.56 Å². The van der Waals surface area contributed by atoms with Gasteiger partial charge in [0.1, 0.15) is 11.6 Å². The predicted octanol–water partition coefficient (Wildman–Crippen LogP) is 1.59. The first-order chi connectivity index (χ1) is 9.78. The molecule has 0 atom stereocenters. The van der Waals surface area contributed by atoms with Gasteiger partial charge in [0.05, 0.1) is 5.69 Å². The van der Waals surface area contributed by atoms with E-state index in [0.29, 0.717) is 18.0 Å². The third-order valence-corrected chi connectivity index (χ3v) is 2.99. The van der Waals surface area contributed by atoms with Crippen LogP contribution in [0.25, 0.3) is 0 Å². The molecule has 0 unspecified atom stereocenters. The number of nitrogens with one attached hydrogen (secondary N) is 2. The van der Waals surface area contributed by atoms with Crippen molar-refractivity contribution in [1.82, 2.24) is 4.98 Å². The van der Waals surface area contributed by atoms with Gasteiger partial charge in [-0.1, -0.05) is 6.07 Å². The van der Waals surface area contributed by atoms with Gasteiger partial charge in [0.2, 0.25) is 6.79 Å². The zero-order valence-electron chi connectivity index (χ0n) is 10.5. The molecule has 0 amide bonds. The van der Waals surface area contributed by atoms with Crippen LogP contribution in [0.2, 0.25) is 0 Å². The Bertz CT molecular complexity index is 746. The Kier molecular flexibility index (Phi) is 3.01. The van der Waals surface area contributed by atoms with Gasteiger partial charge < -0.3 is 19.8 Å². The molecule has 0 radical (unpaired) electrons. The summed E-state index contributed by atoms with van der Waals surface area (Å²) in [7, 11) is 0. The number of anilines is 1. The Balaban J connectivity index is 1.79. The number of pyridine rings is 1.